The zero-order chi connectivity index (χ0) is 17.4. The zero-order valence-electron chi connectivity index (χ0n) is 14.4. The van der Waals surface area contributed by atoms with E-state index in [1.165, 1.54) is 5.56 Å². The van der Waals surface area contributed by atoms with Crippen molar-refractivity contribution in [1.29, 1.82) is 0 Å². The van der Waals surface area contributed by atoms with Gasteiger partial charge in [0.1, 0.15) is 10.7 Å². The summed E-state index contributed by atoms with van der Waals surface area (Å²) in [6, 6.07) is 18.7. The molecule has 0 heterocycles. The maximum absolute atomic E-state index is 5.84. The summed E-state index contributed by atoms with van der Waals surface area (Å²) in [5, 5.41) is 0. The molecule has 0 amide bonds. The number of rotatable bonds is 9. The van der Waals surface area contributed by atoms with Crippen LogP contribution < -0.4 is 10.5 Å². The Morgan fingerprint density at radius 3 is 2.54 bits per heavy atom. The molecule has 0 bridgehead atoms. The molecule has 0 radical (unpaired) electrons. The van der Waals surface area contributed by atoms with Crippen LogP contribution >= 0.6 is 12.2 Å². The second-order valence-corrected chi connectivity index (χ2v) is 6.58. The maximum Gasteiger partial charge on any atom is 0.119 e. The van der Waals surface area contributed by atoms with Crippen molar-refractivity contribution in [3.63, 3.8) is 0 Å². The van der Waals surface area contributed by atoms with Crippen LogP contribution in [0, 0.1) is 0 Å². The first-order valence-electron chi connectivity index (χ1n) is 8.37. The predicted molar refractivity (Wildman–Crippen MR) is 104 cm³/mol. The molecule has 4 heteroatoms. The molecule has 0 saturated carbocycles. The van der Waals surface area contributed by atoms with Crippen molar-refractivity contribution in [2.24, 2.45) is 5.73 Å². The van der Waals surface area contributed by atoms with Crippen molar-refractivity contribution in [2.75, 3.05) is 13.2 Å². The molecule has 0 aliphatic rings. The van der Waals surface area contributed by atoms with Gasteiger partial charge in [0.15, 0.2) is 0 Å². The van der Waals surface area contributed by atoms with E-state index in [1.807, 2.05) is 24.3 Å². The summed E-state index contributed by atoms with van der Waals surface area (Å²) >= 11 is 5.00. The van der Waals surface area contributed by atoms with Crippen LogP contribution in [0.1, 0.15) is 31.4 Å². The SMILES string of the molecule is CC(C)N(CCCOc1cccc(C(N)=S)c1)Cc1ccccc1. The lowest BCUT2D eigenvalue weighted by Crippen LogP contribution is -2.32. The van der Waals surface area contributed by atoms with E-state index in [2.05, 4.69) is 49.1 Å². The van der Waals surface area contributed by atoms with Gasteiger partial charge in [0.05, 0.1) is 6.61 Å². The smallest absolute Gasteiger partial charge is 0.119 e. The Bertz CT molecular complexity index is 643. The lowest BCUT2D eigenvalue weighted by Gasteiger charge is -2.26. The summed E-state index contributed by atoms with van der Waals surface area (Å²) in [5.74, 6) is 0.819. The number of nitrogens with two attached hydrogens (primary N) is 1. The Balaban J connectivity index is 1.80. The van der Waals surface area contributed by atoms with Crippen LogP contribution in [-0.2, 0) is 6.54 Å². The molecular weight excluding hydrogens is 316 g/mol. The highest BCUT2D eigenvalue weighted by Gasteiger charge is 2.10. The Morgan fingerprint density at radius 2 is 1.88 bits per heavy atom. The third-order valence-corrected chi connectivity index (χ3v) is 4.17. The van der Waals surface area contributed by atoms with E-state index in [0.29, 0.717) is 17.6 Å². The molecule has 0 aliphatic carbocycles. The van der Waals surface area contributed by atoms with E-state index < -0.39 is 0 Å². The summed E-state index contributed by atoms with van der Waals surface area (Å²) in [7, 11) is 0. The highest BCUT2D eigenvalue weighted by Crippen LogP contribution is 2.14. The van der Waals surface area contributed by atoms with Crippen molar-refractivity contribution in [3.05, 3.63) is 65.7 Å². The predicted octanol–water partition coefficient (Wildman–Crippen LogP) is 4.00. The first-order valence-corrected chi connectivity index (χ1v) is 8.77. The number of hydrogen-bond donors (Lipinski definition) is 1. The topological polar surface area (TPSA) is 38.5 Å². The van der Waals surface area contributed by atoms with Crippen molar-refractivity contribution >= 4 is 17.2 Å². The van der Waals surface area contributed by atoms with Crippen LogP contribution in [0.5, 0.6) is 5.75 Å². The molecule has 2 aromatic carbocycles. The quantitative estimate of drug-likeness (QED) is 0.552. The molecule has 128 valence electrons. The largest absolute Gasteiger partial charge is 0.494 e. The summed E-state index contributed by atoms with van der Waals surface area (Å²) < 4.78 is 5.84. The number of hydrogen-bond acceptors (Lipinski definition) is 3. The van der Waals surface area contributed by atoms with Crippen LogP contribution in [0.15, 0.2) is 54.6 Å². The van der Waals surface area contributed by atoms with Gasteiger partial charge in [-0.2, -0.15) is 0 Å². The molecule has 2 rings (SSSR count). The number of thiocarbonyl (C=S) groups is 1. The van der Waals surface area contributed by atoms with Gasteiger partial charge >= 0.3 is 0 Å². The Labute approximate surface area is 150 Å². The first-order chi connectivity index (χ1) is 11.6. The van der Waals surface area contributed by atoms with Gasteiger partial charge in [-0.05, 0) is 38.0 Å². The molecule has 2 N–H and O–H groups in total. The standard InChI is InChI=1S/C20H26N2OS/c1-16(2)22(15-17-8-4-3-5-9-17)12-7-13-23-19-11-6-10-18(14-19)20(21)24/h3-6,8-11,14,16H,7,12-13,15H2,1-2H3,(H2,21,24). The average Bonchev–Trinajstić information content (AvgIpc) is 2.58. The molecule has 24 heavy (non-hydrogen) atoms. The van der Waals surface area contributed by atoms with Gasteiger partial charge in [0.25, 0.3) is 0 Å². The second-order valence-electron chi connectivity index (χ2n) is 6.14. The van der Waals surface area contributed by atoms with Crippen LogP contribution in [-0.4, -0.2) is 29.1 Å². The Hall–Kier alpha value is -1.91. The van der Waals surface area contributed by atoms with Gasteiger partial charge in [-0.15, -0.1) is 0 Å². The van der Waals surface area contributed by atoms with Crippen molar-refractivity contribution in [2.45, 2.75) is 32.9 Å². The van der Waals surface area contributed by atoms with E-state index in [9.17, 15) is 0 Å². The van der Waals surface area contributed by atoms with Crippen LogP contribution in [0.2, 0.25) is 0 Å². The average molecular weight is 343 g/mol. The molecule has 3 nitrogen and oxygen atoms in total. The fourth-order valence-corrected chi connectivity index (χ4v) is 2.66. The molecule has 0 aromatic heterocycles. The normalized spacial score (nSPS) is 11.0. The van der Waals surface area contributed by atoms with E-state index >= 15 is 0 Å². The lowest BCUT2D eigenvalue weighted by atomic mass is 10.2. The van der Waals surface area contributed by atoms with E-state index in [-0.39, 0.29) is 0 Å². The number of ether oxygens (including phenoxy) is 1. The van der Waals surface area contributed by atoms with Gasteiger partial charge in [0, 0.05) is 24.7 Å². The molecule has 0 atom stereocenters. The summed E-state index contributed by atoms with van der Waals surface area (Å²) in [6.45, 7) is 7.11. The third-order valence-electron chi connectivity index (χ3n) is 3.94. The minimum atomic E-state index is 0.397. The third kappa shape index (κ3) is 5.95. The first kappa shape index (κ1) is 18.4. The molecule has 0 unspecified atom stereocenters. The van der Waals surface area contributed by atoms with Crippen molar-refractivity contribution in [3.8, 4) is 5.75 Å². The maximum atomic E-state index is 5.84. The van der Waals surface area contributed by atoms with E-state index in [4.69, 9.17) is 22.7 Å². The molecule has 0 fully saturated rings. The minimum absolute atomic E-state index is 0.397. The summed E-state index contributed by atoms with van der Waals surface area (Å²) in [6.07, 6.45) is 0.975. The highest BCUT2D eigenvalue weighted by molar-refractivity contribution is 7.80. The van der Waals surface area contributed by atoms with Crippen molar-refractivity contribution < 1.29 is 4.74 Å². The molecular formula is C20H26N2OS. The monoisotopic (exact) mass is 342 g/mol. The molecule has 0 spiro atoms. The second kappa shape index (κ2) is 9.40. The molecule has 0 saturated heterocycles. The summed E-state index contributed by atoms with van der Waals surface area (Å²) in [5.41, 5.74) is 7.84. The summed E-state index contributed by atoms with van der Waals surface area (Å²) in [4.78, 5) is 2.86. The molecule has 2 aromatic rings. The lowest BCUT2D eigenvalue weighted by molar-refractivity contribution is 0.190. The van der Waals surface area contributed by atoms with Gasteiger partial charge in [0.2, 0.25) is 0 Å². The number of nitrogens with zero attached hydrogens (tertiary/aromatic N) is 1. The zero-order valence-corrected chi connectivity index (χ0v) is 15.3. The highest BCUT2D eigenvalue weighted by atomic mass is 32.1. The van der Waals surface area contributed by atoms with Crippen LogP contribution in [0.25, 0.3) is 0 Å². The fraction of sp³-hybridized carbons (Fsp3) is 0.350. The Kier molecular flexibility index (Phi) is 7.22. The number of benzene rings is 2. The van der Waals surface area contributed by atoms with Gasteiger partial charge in [-0.25, -0.2) is 0 Å². The van der Waals surface area contributed by atoms with Gasteiger partial charge in [-0.3, -0.25) is 4.90 Å². The molecule has 0 aliphatic heterocycles. The van der Waals surface area contributed by atoms with E-state index in [0.717, 1.165) is 30.8 Å². The minimum Gasteiger partial charge on any atom is -0.494 e. The Morgan fingerprint density at radius 1 is 1.12 bits per heavy atom. The van der Waals surface area contributed by atoms with Gasteiger partial charge in [-0.1, -0.05) is 54.7 Å². The van der Waals surface area contributed by atoms with Crippen LogP contribution in [0.4, 0.5) is 0 Å². The van der Waals surface area contributed by atoms with Gasteiger partial charge < -0.3 is 10.5 Å². The van der Waals surface area contributed by atoms with Crippen LogP contribution in [0.3, 0.4) is 0 Å². The van der Waals surface area contributed by atoms with E-state index in [1.54, 1.807) is 0 Å². The van der Waals surface area contributed by atoms with Crippen molar-refractivity contribution in [1.82, 2.24) is 4.90 Å². The fourth-order valence-electron chi connectivity index (χ4n) is 2.53.